The number of esters is 1. The quantitative estimate of drug-likeness (QED) is 0.225. The maximum absolute atomic E-state index is 12.3. The third-order valence-electron chi connectivity index (χ3n) is 5.21. The van der Waals surface area contributed by atoms with Gasteiger partial charge in [-0.1, -0.05) is 6.07 Å². The van der Waals surface area contributed by atoms with Crippen LogP contribution in [0.25, 0.3) is 0 Å². The number of urea groups is 1. The number of ether oxygens (including phenoxy) is 4. The van der Waals surface area contributed by atoms with Gasteiger partial charge in [0.05, 0.1) is 43.1 Å². The summed E-state index contributed by atoms with van der Waals surface area (Å²) in [5.74, 6) is 0.255. The second kappa shape index (κ2) is 12.8. The van der Waals surface area contributed by atoms with E-state index in [2.05, 4.69) is 37.1 Å². The number of carbonyl (C=O) groups excluding carboxylic acids is 3. The molecule has 0 unspecified atom stereocenters. The van der Waals surface area contributed by atoms with Crippen LogP contribution in [0, 0.1) is 0 Å². The van der Waals surface area contributed by atoms with Crippen molar-refractivity contribution in [2.45, 2.75) is 19.9 Å². The summed E-state index contributed by atoms with van der Waals surface area (Å²) in [5, 5.41) is 9.21. The molecule has 0 fully saturated rings. The summed E-state index contributed by atoms with van der Waals surface area (Å²) in [6.45, 7) is 3.74. The van der Waals surface area contributed by atoms with Crippen LogP contribution in [0.5, 0.6) is 17.2 Å². The van der Waals surface area contributed by atoms with E-state index in [-0.39, 0.29) is 12.2 Å². The van der Waals surface area contributed by atoms with Crippen molar-refractivity contribution in [3.05, 3.63) is 63.3 Å². The third kappa shape index (κ3) is 7.00. The maximum Gasteiger partial charge on any atom is 0.337 e. The van der Waals surface area contributed by atoms with E-state index in [1.165, 1.54) is 20.4 Å². The second-order valence-electron chi connectivity index (χ2n) is 7.68. The van der Waals surface area contributed by atoms with Crippen molar-refractivity contribution < 1.29 is 33.3 Å². The highest BCUT2D eigenvalue weighted by Crippen LogP contribution is 2.34. The van der Waals surface area contributed by atoms with Gasteiger partial charge in [-0.05, 0) is 71.2 Å². The Morgan fingerprint density at radius 3 is 2.54 bits per heavy atom. The molecule has 196 valence electrons. The van der Waals surface area contributed by atoms with Gasteiger partial charge in [-0.2, -0.15) is 5.10 Å². The first-order valence-electron chi connectivity index (χ1n) is 11.2. The van der Waals surface area contributed by atoms with E-state index in [1.54, 1.807) is 37.3 Å². The van der Waals surface area contributed by atoms with E-state index in [1.807, 2.05) is 13.0 Å². The van der Waals surface area contributed by atoms with Crippen molar-refractivity contribution >= 4 is 40.1 Å². The molecule has 1 heterocycles. The summed E-state index contributed by atoms with van der Waals surface area (Å²) in [7, 11) is 2.70. The first-order valence-corrected chi connectivity index (χ1v) is 12.0. The van der Waals surface area contributed by atoms with Gasteiger partial charge in [-0.3, -0.25) is 4.79 Å². The van der Waals surface area contributed by atoms with Crippen molar-refractivity contribution in [1.82, 2.24) is 16.1 Å². The zero-order chi connectivity index (χ0) is 26.9. The predicted molar refractivity (Wildman–Crippen MR) is 139 cm³/mol. The molecule has 1 atom stereocenters. The number of benzene rings is 2. The highest BCUT2D eigenvalue weighted by molar-refractivity contribution is 9.10. The molecule has 12 heteroatoms. The fourth-order valence-corrected chi connectivity index (χ4v) is 4.04. The van der Waals surface area contributed by atoms with Crippen LogP contribution in [0.3, 0.4) is 0 Å². The van der Waals surface area contributed by atoms with Gasteiger partial charge in [-0.25, -0.2) is 15.0 Å². The summed E-state index contributed by atoms with van der Waals surface area (Å²) in [5.41, 5.74) is 4.37. The average Bonchev–Trinajstić information content (AvgIpc) is 2.88. The molecule has 0 saturated heterocycles. The molecule has 3 N–H and O–H groups in total. The fourth-order valence-electron chi connectivity index (χ4n) is 3.53. The van der Waals surface area contributed by atoms with Crippen molar-refractivity contribution in [2.24, 2.45) is 5.10 Å². The summed E-state index contributed by atoms with van der Waals surface area (Å²) in [6.07, 6.45) is 1.50. The van der Waals surface area contributed by atoms with Crippen LogP contribution in [0.1, 0.15) is 31.0 Å². The van der Waals surface area contributed by atoms with Crippen molar-refractivity contribution in [3.63, 3.8) is 0 Å². The van der Waals surface area contributed by atoms with Gasteiger partial charge in [0.2, 0.25) is 0 Å². The number of hydrazone groups is 1. The summed E-state index contributed by atoms with van der Waals surface area (Å²) < 4.78 is 22.1. The van der Waals surface area contributed by atoms with Gasteiger partial charge in [0.1, 0.15) is 5.75 Å². The number of allylic oxidation sites excluding steroid dienone is 1. The lowest BCUT2D eigenvalue weighted by atomic mass is 9.95. The van der Waals surface area contributed by atoms with E-state index in [0.29, 0.717) is 35.1 Å². The van der Waals surface area contributed by atoms with E-state index < -0.39 is 23.9 Å². The van der Waals surface area contributed by atoms with Crippen LogP contribution in [0.15, 0.2) is 57.2 Å². The molecule has 2 aromatic carbocycles. The standard InChI is InChI=1S/C25H27BrN4O7/c1-5-36-18-8-6-15(10-17(18)26)12-27-30-21(31)13-37-19-9-7-16(11-20(19)34-3)23-22(24(32)35-4)14(2)28-25(33)29-23/h6-12,23H,5,13H2,1-4H3,(H,30,31)(H2,28,29,33)/b27-12-/t23-/m1/s1. The van der Waals surface area contributed by atoms with E-state index in [4.69, 9.17) is 18.9 Å². The second-order valence-corrected chi connectivity index (χ2v) is 8.53. The molecule has 0 bridgehead atoms. The van der Waals surface area contributed by atoms with Crippen molar-refractivity contribution in [1.29, 1.82) is 0 Å². The minimum Gasteiger partial charge on any atom is -0.493 e. The van der Waals surface area contributed by atoms with Crippen LogP contribution in [-0.2, 0) is 14.3 Å². The van der Waals surface area contributed by atoms with Gasteiger partial charge in [0.15, 0.2) is 18.1 Å². The van der Waals surface area contributed by atoms with E-state index >= 15 is 0 Å². The first-order chi connectivity index (χ1) is 17.8. The number of nitrogens with one attached hydrogen (secondary N) is 3. The Morgan fingerprint density at radius 1 is 1.11 bits per heavy atom. The molecule has 2 aromatic rings. The lowest BCUT2D eigenvalue weighted by molar-refractivity contribution is -0.136. The smallest absolute Gasteiger partial charge is 0.337 e. The normalized spacial score (nSPS) is 15.1. The Kier molecular flexibility index (Phi) is 9.50. The zero-order valence-corrected chi connectivity index (χ0v) is 22.3. The Morgan fingerprint density at radius 2 is 1.86 bits per heavy atom. The van der Waals surface area contributed by atoms with Gasteiger partial charge in [0, 0.05) is 5.70 Å². The number of carbonyl (C=O) groups is 3. The molecule has 3 rings (SSSR count). The van der Waals surface area contributed by atoms with Crippen molar-refractivity contribution in [2.75, 3.05) is 27.4 Å². The molecule has 0 aliphatic carbocycles. The van der Waals surface area contributed by atoms with Crippen LogP contribution >= 0.6 is 15.9 Å². The SMILES string of the molecule is CCOc1ccc(/C=N\NC(=O)COc2ccc([C@H]3NC(=O)NC(C)=C3C(=O)OC)cc2OC)cc1Br. The van der Waals surface area contributed by atoms with Crippen LogP contribution in [0.2, 0.25) is 0 Å². The molecule has 0 spiro atoms. The number of amides is 3. The highest BCUT2D eigenvalue weighted by atomic mass is 79.9. The average molecular weight is 575 g/mol. The monoisotopic (exact) mass is 574 g/mol. The Labute approximate surface area is 222 Å². The van der Waals surface area contributed by atoms with Gasteiger partial charge in [0.25, 0.3) is 5.91 Å². The topological polar surface area (TPSA) is 137 Å². The molecule has 3 amide bonds. The fraction of sp³-hybridized carbons (Fsp3) is 0.280. The number of nitrogens with zero attached hydrogens (tertiary/aromatic N) is 1. The zero-order valence-electron chi connectivity index (χ0n) is 20.7. The van der Waals surface area contributed by atoms with E-state index in [9.17, 15) is 14.4 Å². The molecule has 11 nitrogen and oxygen atoms in total. The molecule has 1 aliphatic heterocycles. The maximum atomic E-state index is 12.3. The third-order valence-corrected chi connectivity index (χ3v) is 5.83. The number of hydrogen-bond acceptors (Lipinski definition) is 8. The Hall–Kier alpha value is -4.06. The van der Waals surface area contributed by atoms with Crippen molar-refractivity contribution in [3.8, 4) is 17.2 Å². The van der Waals surface area contributed by atoms with Crippen LogP contribution in [0.4, 0.5) is 4.79 Å². The first kappa shape index (κ1) is 27.5. The molecule has 1 aliphatic rings. The summed E-state index contributed by atoms with van der Waals surface area (Å²) in [4.78, 5) is 36.5. The number of rotatable bonds is 10. The van der Waals surface area contributed by atoms with E-state index in [0.717, 1.165) is 10.0 Å². The number of methoxy groups -OCH3 is 2. The molecule has 37 heavy (non-hydrogen) atoms. The minimum absolute atomic E-state index is 0.259. The highest BCUT2D eigenvalue weighted by Gasteiger charge is 2.32. The van der Waals surface area contributed by atoms with Gasteiger partial charge < -0.3 is 29.6 Å². The van der Waals surface area contributed by atoms with Gasteiger partial charge >= 0.3 is 12.0 Å². The largest absolute Gasteiger partial charge is 0.493 e. The van der Waals surface area contributed by atoms with Gasteiger partial charge in [-0.15, -0.1) is 0 Å². The Bertz CT molecular complexity index is 1250. The molecular formula is C25H27BrN4O7. The number of hydrogen-bond donors (Lipinski definition) is 3. The summed E-state index contributed by atoms with van der Waals surface area (Å²) in [6, 6.07) is 9.06. The van der Waals surface area contributed by atoms with Crippen LogP contribution in [-0.4, -0.2) is 51.6 Å². The minimum atomic E-state index is -0.760. The summed E-state index contributed by atoms with van der Waals surface area (Å²) >= 11 is 3.43. The van der Waals surface area contributed by atoms with Crippen LogP contribution < -0.4 is 30.3 Å². The number of halogens is 1. The molecule has 0 saturated carbocycles. The molecule has 0 aromatic heterocycles. The molecular weight excluding hydrogens is 548 g/mol. The lowest BCUT2D eigenvalue weighted by Crippen LogP contribution is -2.45. The lowest BCUT2D eigenvalue weighted by Gasteiger charge is -2.28. The molecule has 0 radical (unpaired) electrons. The predicted octanol–water partition coefficient (Wildman–Crippen LogP) is 3.19. The Balaban J connectivity index is 1.65.